The van der Waals surface area contributed by atoms with Gasteiger partial charge in [-0.2, -0.15) is 0 Å². The van der Waals surface area contributed by atoms with Crippen LogP contribution in [0.15, 0.2) is 17.5 Å². The second kappa shape index (κ2) is 6.24. The van der Waals surface area contributed by atoms with Gasteiger partial charge in [0.25, 0.3) is 0 Å². The monoisotopic (exact) mass is 317 g/mol. The van der Waals surface area contributed by atoms with E-state index in [0.717, 1.165) is 11.3 Å². The Bertz CT molecular complexity index is 553. The summed E-state index contributed by atoms with van der Waals surface area (Å²) < 4.78 is 32.3. The summed E-state index contributed by atoms with van der Waals surface area (Å²) in [6, 6.07) is 3.50. The molecule has 0 saturated heterocycles. The third-order valence-electron chi connectivity index (χ3n) is 3.67. The summed E-state index contributed by atoms with van der Waals surface area (Å²) in [5, 5.41) is 1.23. The summed E-state index contributed by atoms with van der Waals surface area (Å²) in [7, 11) is -2.24. The Kier molecular flexibility index (Phi) is 4.82. The summed E-state index contributed by atoms with van der Waals surface area (Å²) in [6.45, 7) is 1.81. The van der Waals surface area contributed by atoms with E-state index < -0.39 is 27.2 Å². The van der Waals surface area contributed by atoms with Crippen molar-refractivity contribution in [2.45, 2.75) is 37.5 Å². The standard InChI is InChI=1S/C13H19NO4S2/c1-9(11-6-4-8-19-11)14-20(16,17)12-7-3-5-10(12)13(15)18-2/h4,6,8-10,12,14H,3,5,7H2,1-2H3/t9-,10?,12?/m0/s1. The van der Waals surface area contributed by atoms with E-state index in [-0.39, 0.29) is 6.04 Å². The average Bonchev–Trinajstić information content (AvgIpc) is 3.08. The molecule has 1 aromatic heterocycles. The van der Waals surface area contributed by atoms with Crippen LogP contribution in [0.1, 0.15) is 37.1 Å². The Morgan fingerprint density at radius 1 is 1.50 bits per heavy atom. The maximum Gasteiger partial charge on any atom is 0.310 e. The molecule has 0 bridgehead atoms. The molecule has 0 amide bonds. The van der Waals surface area contributed by atoms with Crippen LogP contribution in [0, 0.1) is 5.92 Å². The molecule has 7 heteroatoms. The van der Waals surface area contributed by atoms with Gasteiger partial charge in [-0.15, -0.1) is 11.3 Å². The van der Waals surface area contributed by atoms with Gasteiger partial charge >= 0.3 is 5.97 Å². The summed E-state index contributed by atoms with van der Waals surface area (Å²) >= 11 is 1.51. The summed E-state index contributed by atoms with van der Waals surface area (Å²) in [4.78, 5) is 12.6. The van der Waals surface area contributed by atoms with Gasteiger partial charge in [0, 0.05) is 4.88 Å². The zero-order valence-electron chi connectivity index (χ0n) is 11.5. The van der Waals surface area contributed by atoms with Crippen molar-refractivity contribution in [3.63, 3.8) is 0 Å². The predicted molar refractivity (Wildman–Crippen MR) is 77.9 cm³/mol. The number of hydrogen-bond donors (Lipinski definition) is 1. The van der Waals surface area contributed by atoms with Crippen molar-refractivity contribution in [2.24, 2.45) is 5.92 Å². The lowest BCUT2D eigenvalue weighted by Gasteiger charge is -2.21. The molecule has 112 valence electrons. The van der Waals surface area contributed by atoms with Crippen molar-refractivity contribution in [2.75, 3.05) is 7.11 Å². The van der Waals surface area contributed by atoms with E-state index in [1.807, 2.05) is 24.4 Å². The van der Waals surface area contributed by atoms with Crippen LogP contribution < -0.4 is 4.72 Å². The molecule has 0 radical (unpaired) electrons. The highest BCUT2D eigenvalue weighted by Gasteiger charge is 2.42. The van der Waals surface area contributed by atoms with Crippen LogP contribution in [-0.4, -0.2) is 26.7 Å². The van der Waals surface area contributed by atoms with E-state index in [0.29, 0.717) is 12.8 Å². The molecular formula is C13H19NO4S2. The molecule has 1 fully saturated rings. The van der Waals surface area contributed by atoms with E-state index in [9.17, 15) is 13.2 Å². The molecule has 0 aliphatic heterocycles. The zero-order valence-corrected chi connectivity index (χ0v) is 13.2. The fourth-order valence-electron chi connectivity index (χ4n) is 2.65. The lowest BCUT2D eigenvalue weighted by atomic mass is 10.1. The molecule has 1 N–H and O–H groups in total. The Morgan fingerprint density at radius 3 is 2.85 bits per heavy atom. The summed E-state index contributed by atoms with van der Waals surface area (Å²) in [5.41, 5.74) is 0. The number of carbonyl (C=O) groups excluding carboxylic acids is 1. The first-order chi connectivity index (χ1) is 9.45. The molecule has 1 saturated carbocycles. The van der Waals surface area contributed by atoms with Crippen LogP contribution in [0.2, 0.25) is 0 Å². The van der Waals surface area contributed by atoms with Crippen molar-refractivity contribution in [1.29, 1.82) is 0 Å². The second-order valence-electron chi connectivity index (χ2n) is 5.00. The lowest BCUT2D eigenvalue weighted by Crippen LogP contribution is -2.40. The second-order valence-corrected chi connectivity index (χ2v) is 7.91. The average molecular weight is 317 g/mol. The topological polar surface area (TPSA) is 72.5 Å². The van der Waals surface area contributed by atoms with Gasteiger partial charge in [-0.3, -0.25) is 4.79 Å². The van der Waals surface area contributed by atoms with Crippen LogP contribution in [-0.2, 0) is 19.6 Å². The molecule has 20 heavy (non-hydrogen) atoms. The van der Waals surface area contributed by atoms with Crippen molar-refractivity contribution in [3.05, 3.63) is 22.4 Å². The number of hydrogen-bond acceptors (Lipinski definition) is 5. The van der Waals surface area contributed by atoms with Crippen LogP contribution in [0.25, 0.3) is 0 Å². The Labute approximate surface area is 123 Å². The summed E-state index contributed by atoms with van der Waals surface area (Å²) in [6.07, 6.45) is 1.82. The molecule has 5 nitrogen and oxygen atoms in total. The molecule has 2 unspecified atom stereocenters. The highest BCUT2D eigenvalue weighted by Crippen LogP contribution is 2.32. The third kappa shape index (κ3) is 3.21. The van der Waals surface area contributed by atoms with Crippen LogP contribution >= 0.6 is 11.3 Å². The van der Waals surface area contributed by atoms with Gasteiger partial charge in [0.05, 0.1) is 24.3 Å². The van der Waals surface area contributed by atoms with E-state index in [1.165, 1.54) is 18.4 Å². The maximum absolute atomic E-state index is 12.5. The van der Waals surface area contributed by atoms with Crippen LogP contribution in [0.5, 0.6) is 0 Å². The van der Waals surface area contributed by atoms with Crippen LogP contribution in [0.4, 0.5) is 0 Å². The number of thiophene rings is 1. The molecule has 1 heterocycles. The highest BCUT2D eigenvalue weighted by molar-refractivity contribution is 7.90. The van der Waals surface area contributed by atoms with Gasteiger partial charge in [0.15, 0.2) is 0 Å². The normalized spacial score (nSPS) is 24.5. The quantitative estimate of drug-likeness (QED) is 0.844. The van der Waals surface area contributed by atoms with Gasteiger partial charge in [-0.05, 0) is 31.2 Å². The SMILES string of the molecule is COC(=O)C1CCCC1S(=O)(=O)N[C@@H](C)c1cccs1. The van der Waals surface area contributed by atoms with E-state index >= 15 is 0 Å². The molecule has 1 aliphatic carbocycles. The molecule has 0 aromatic carbocycles. The first kappa shape index (κ1) is 15.5. The van der Waals surface area contributed by atoms with Crippen molar-refractivity contribution in [3.8, 4) is 0 Å². The lowest BCUT2D eigenvalue weighted by molar-refractivity contribution is -0.145. The van der Waals surface area contributed by atoms with Gasteiger partial charge in [-0.25, -0.2) is 13.1 Å². The predicted octanol–water partition coefficient (Wildman–Crippen LogP) is 2.07. The Morgan fingerprint density at radius 2 is 2.25 bits per heavy atom. The molecule has 1 aliphatic rings. The molecular weight excluding hydrogens is 298 g/mol. The van der Waals surface area contributed by atoms with E-state index in [2.05, 4.69) is 4.72 Å². The third-order valence-corrected chi connectivity index (χ3v) is 6.76. The Balaban J connectivity index is 2.11. The van der Waals surface area contributed by atoms with Crippen molar-refractivity contribution >= 4 is 27.3 Å². The molecule has 3 atom stereocenters. The fraction of sp³-hybridized carbons (Fsp3) is 0.615. The maximum atomic E-state index is 12.5. The first-order valence-electron chi connectivity index (χ1n) is 6.58. The minimum absolute atomic E-state index is 0.279. The number of rotatable bonds is 5. The number of esters is 1. The van der Waals surface area contributed by atoms with Gasteiger partial charge in [0.2, 0.25) is 10.0 Å². The number of ether oxygens (including phenoxy) is 1. The molecule has 0 spiro atoms. The van der Waals surface area contributed by atoms with Gasteiger partial charge in [0.1, 0.15) is 0 Å². The zero-order chi connectivity index (χ0) is 14.8. The minimum atomic E-state index is -3.53. The van der Waals surface area contributed by atoms with Gasteiger partial charge < -0.3 is 4.74 Å². The van der Waals surface area contributed by atoms with Gasteiger partial charge in [-0.1, -0.05) is 12.5 Å². The first-order valence-corrected chi connectivity index (χ1v) is 9.00. The number of nitrogens with one attached hydrogen (secondary N) is 1. The minimum Gasteiger partial charge on any atom is -0.469 e. The van der Waals surface area contributed by atoms with E-state index in [1.54, 1.807) is 0 Å². The number of carbonyl (C=O) groups is 1. The molecule has 2 rings (SSSR count). The number of sulfonamides is 1. The largest absolute Gasteiger partial charge is 0.469 e. The fourth-order valence-corrected chi connectivity index (χ4v) is 5.41. The van der Waals surface area contributed by atoms with Crippen molar-refractivity contribution in [1.82, 2.24) is 4.72 Å². The number of methoxy groups -OCH3 is 1. The summed E-state index contributed by atoms with van der Waals surface area (Å²) in [5.74, 6) is -0.977. The smallest absolute Gasteiger partial charge is 0.310 e. The highest BCUT2D eigenvalue weighted by atomic mass is 32.2. The van der Waals surface area contributed by atoms with Crippen LogP contribution in [0.3, 0.4) is 0 Å². The van der Waals surface area contributed by atoms with E-state index in [4.69, 9.17) is 4.74 Å². The Hall–Kier alpha value is -0.920. The van der Waals surface area contributed by atoms with Crippen molar-refractivity contribution < 1.29 is 17.9 Å². The molecule has 1 aromatic rings.